The Morgan fingerprint density at radius 1 is 1.23 bits per heavy atom. The molecule has 3 heterocycles. The third-order valence-corrected chi connectivity index (χ3v) is 5.88. The number of hydrogen-bond acceptors (Lipinski definition) is 5. The fourth-order valence-electron chi connectivity index (χ4n) is 3.57. The van der Waals surface area contributed by atoms with Crippen LogP contribution < -0.4 is 10.2 Å². The predicted octanol–water partition coefficient (Wildman–Crippen LogP) is 3.71. The number of anilines is 1. The summed E-state index contributed by atoms with van der Waals surface area (Å²) in [6, 6.07) is 10.4. The van der Waals surface area contributed by atoms with Gasteiger partial charge in [-0.15, -0.1) is 11.3 Å². The number of thiophene rings is 1. The molecule has 0 radical (unpaired) electrons. The summed E-state index contributed by atoms with van der Waals surface area (Å²) in [4.78, 5) is 23.6. The van der Waals surface area contributed by atoms with Crippen LogP contribution in [-0.4, -0.2) is 35.5 Å². The number of piperidine rings is 1. The normalized spacial score (nSPS) is 15.3. The first-order chi connectivity index (χ1) is 12.7. The summed E-state index contributed by atoms with van der Waals surface area (Å²) in [7, 11) is 0. The largest absolute Gasteiger partial charge is 0.356 e. The quantitative estimate of drug-likeness (QED) is 0.765. The van der Waals surface area contributed by atoms with E-state index in [1.165, 1.54) is 11.1 Å². The van der Waals surface area contributed by atoms with Gasteiger partial charge in [0.15, 0.2) is 0 Å². The first kappa shape index (κ1) is 17.0. The zero-order chi connectivity index (χ0) is 17.9. The zero-order valence-corrected chi connectivity index (χ0v) is 15.6. The molecule has 1 aromatic carbocycles. The molecule has 0 unspecified atom stereocenters. The van der Waals surface area contributed by atoms with Crippen LogP contribution in [0.3, 0.4) is 0 Å². The van der Waals surface area contributed by atoms with Gasteiger partial charge in [0, 0.05) is 37.5 Å². The molecule has 1 amide bonds. The number of nitrogens with zero attached hydrogens (tertiary/aromatic N) is 3. The lowest BCUT2D eigenvalue weighted by Crippen LogP contribution is -2.38. The van der Waals surface area contributed by atoms with E-state index >= 15 is 0 Å². The van der Waals surface area contributed by atoms with Crippen LogP contribution in [0, 0.1) is 5.92 Å². The van der Waals surface area contributed by atoms with Crippen molar-refractivity contribution in [2.45, 2.75) is 19.8 Å². The zero-order valence-electron chi connectivity index (χ0n) is 14.8. The van der Waals surface area contributed by atoms with Crippen LogP contribution in [0.4, 0.5) is 5.82 Å². The Bertz CT molecular complexity index is 901. The standard InChI is InChI=1S/C20H22N4OS/c1-14(25)21-11-15-7-9-24(10-8-15)19-18-17(16-5-3-2-4-6-16)12-26-20(18)23-13-22-19/h2-6,12-13,15H,7-11H2,1H3,(H,21,25). The van der Waals surface area contributed by atoms with Gasteiger partial charge in [0.05, 0.1) is 5.39 Å². The molecule has 1 fully saturated rings. The molecule has 1 aliphatic heterocycles. The SMILES string of the molecule is CC(=O)NCC1CCN(c2ncnc3scc(-c4ccccc4)c23)CC1. The molecule has 3 aromatic rings. The molecule has 134 valence electrons. The number of amides is 1. The van der Waals surface area contributed by atoms with Gasteiger partial charge >= 0.3 is 0 Å². The van der Waals surface area contributed by atoms with Crippen molar-refractivity contribution < 1.29 is 4.79 Å². The predicted molar refractivity (Wildman–Crippen MR) is 106 cm³/mol. The second-order valence-corrected chi connectivity index (χ2v) is 7.62. The van der Waals surface area contributed by atoms with Gasteiger partial charge in [0.2, 0.25) is 5.91 Å². The van der Waals surface area contributed by atoms with Crippen molar-refractivity contribution in [1.82, 2.24) is 15.3 Å². The minimum Gasteiger partial charge on any atom is -0.356 e. The van der Waals surface area contributed by atoms with Gasteiger partial charge in [-0.1, -0.05) is 30.3 Å². The number of benzene rings is 1. The number of hydrogen-bond donors (Lipinski definition) is 1. The van der Waals surface area contributed by atoms with Gasteiger partial charge < -0.3 is 10.2 Å². The molecule has 4 rings (SSSR count). The highest BCUT2D eigenvalue weighted by atomic mass is 32.1. The van der Waals surface area contributed by atoms with Gasteiger partial charge in [-0.05, 0) is 24.3 Å². The Labute approximate surface area is 157 Å². The highest BCUT2D eigenvalue weighted by molar-refractivity contribution is 7.17. The summed E-state index contributed by atoms with van der Waals surface area (Å²) in [5.74, 6) is 1.63. The Balaban J connectivity index is 1.60. The number of carbonyl (C=O) groups is 1. The third-order valence-electron chi connectivity index (χ3n) is 4.99. The van der Waals surface area contributed by atoms with Crippen LogP contribution in [0.15, 0.2) is 42.0 Å². The van der Waals surface area contributed by atoms with E-state index in [-0.39, 0.29) is 5.91 Å². The number of fused-ring (bicyclic) bond motifs is 1. The molecule has 0 aliphatic carbocycles. The lowest BCUT2D eigenvalue weighted by atomic mass is 9.96. The van der Waals surface area contributed by atoms with Crippen LogP contribution in [0.2, 0.25) is 0 Å². The fraction of sp³-hybridized carbons (Fsp3) is 0.350. The van der Waals surface area contributed by atoms with Crippen molar-refractivity contribution in [3.63, 3.8) is 0 Å². The van der Waals surface area contributed by atoms with Crippen molar-refractivity contribution in [2.75, 3.05) is 24.5 Å². The highest BCUT2D eigenvalue weighted by Gasteiger charge is 2.23. The Hall–Kier alpha value is -2.47. The molecule has 6 heteroatoms. The third kappa shape index (κ3) is 3.42. The topological polar surface area (TPSA) is 58.1 Å². The van der Waals surface area contributed by atoms with E-state index < -0.39 is 0 Å². The molecule has 0 atom stereocenters. The maximum atomic E-state index is 11.1. The monoisotopic (exact) mass is 366 g/mol. The first-order valence-electron chi connectivity index (χ1n) is 8.99. The Morgan fingerprint density at radius 2 is 2.00 bits per heavy atom. The van der Waals surface area contributed by atoms with E-state index in [1.807, 2.05) is 6.07 Å². The maximum Gasteiger partial charge on any atom is 0.216 e. The second-order valence-electron chi connectivity index (χ2n) is 6.76. The average molecular weight is 366 g/mol. The number of rotatable bonds is 4. The maximum absolute atomic E-state index is 11.1. The van der Waals surface area contributed by atoms with Crippen LogP contribution in [-0.2, 0) is 4.79 Å². The van der Waals surface area contributed by atoms with Crippen LogP contribution in [0.1, 0.15) is 19.8 Å². The molecular formula is C20H22N4OS. The summed E-state index contributed by atoms with van der Waals surface area (Å²) in [6.07, 6.45) is 3.81. The van der Waals surface area contributed by atoms with Gasteiger partial charge in [0.25, 0.3) is 0 Å². The van der Waals surface area contributed by atoms with Gasteiger partial charge in [0.1, 0.15) is 17.0 Å². The van der Waals surface area contributed by atoms with Gasteiger partial charge in [-0.2, -0.15) is 0 Å². The molecule has 1 saturated heterocycles. The summed E-state index contributed by atoms with van der Waals surface area (Å²) in [6.45, 7) is 4.27. The van der Waals surface area contributed by atoms with Crippen molar-refractivity contribution in [3.05, 3.63) is 42.0 Å². The molecule has 1 N–H and O–H groups in total. The second kappa shape index (κ2) is 7.41. The molecule has 1 aliphatic rings. The molecular weight excluding hydrogens is 344 g/mol. The molecule has 0 spiro atoms. The minimum absolute atomic E-state index is 0.0516. The van der Waals surface area contributed by atoms with Crippen molar-refractivity contribution in [2.24, 2.45) is 5.92 Å². The van der Waals surface area contributed by atoms with Crippen molar-refractivity contribution in [1.29, 1.82) is 0 Å². The van der Waals surface area contributed by atoms with Crippen LogP contribution in [0.5, 0.6) is 0 Å². The molecule has 0 saturated carbocycles. The van der Waals surface area contributed by atoms with Crippen LogP contribution in [0.25, 0.3) is 21.3 Å². The number of carbonyl (C=O) groups excluding carboxylic acids is 1. The van der Waals surface area contributed by atoms with E-state index in [2.05, 4.69) is 49.8 Å². The van der Waals surface area contributed by atoms with Crippen LogP contribution >= 0.6 is 11.3 Å². The molecule has 0 bridgehead atoms. The van der Waals surface area contributed by atoms with Gasteiger partial charge in [-0.25, -0.2) is 9.97 Å². The minimum atomic E-state index is 0.0516. The summed E-state index contributed by atoms with van der Waals surface area (Å²) < 4.78 is 0. The lowest BCUT2D eigenvalue weighted by Gasteiger charge is -2.33. The van der Waals surface area contributed by atoms with Crippen molar-refractivity contribution in [3.8, 4) is 11.1 Å². The van der Waals surface area contributed by atoms with E-state index in [1.54, 1.807) is 24.6 Å². The van der Waals surface area contributed by atoms with E-state index in [0.29, 0.717) is 5.92 Å². The Morgan fingerprint density at radius 3 is 2.73 bits per heavy atom. The van der Waals surface area contributed by atoms with E-state index in [9.17, 15) is 4.79 Å². The Kier molecular flexibility index (Phi) is 4.84. The van der Waals surface area contributed by atoms with Crippen molar-refractivity contribution >= 4 is 33.3 Å². The fourth-order valence-corrected chi connectivity index (χ4v) is 4.48. The molecule has 2 aromatic heterocycles. The number of aromatic nitrogens is 2. The van der Waals surface area contributed by atoms with Gasteiger partial charge in [-0.3, -0.25) is 4.79 Å². The van der Waals surface area contributed by atoms with E-state index in [4.69, 9.17) is 0 Å². The van der Waals surface area contributed by atoms with E-state index in [0.717, 1.165) is 48.5 Å². The summed E-state index contributed by atoms with van der Waals surface area (Å²) >= 11 is 1.67. The lowest BCUT2D eigenvalue weighted by molar-refractivity contribution is -0.119. The average Bonchev–Trinajstić information content (AvgIpc) is 3.12. The summed E-state index contributed by atoms with van der Waals surface area (Å²) in [5, 5.41) is 6.28. The number of nitrogens with one attached hydrogen (secondary N) is 1. The highest BCUT2D eigenvalue weighted by Crippen LogP contribution is 2.38. The summed E-state index contributed by atoms with van der Waals surface area (Å²) in [5.41, 5.74) is 2.41. The first-order valence-corrected chi connectivity index (χ1v) is 9.87. The molecule has 26 heavy (non-hydrogen) atoms. The smallest absolute Gasteiger partial charge is 0.216 e. The molecule has 5 nitrogen and oxygen atoms in total.